The van der Waals surface area contributed by atoms with E-state index in [9.17, 15) is 13.2 Å². The second-order valence-corrected chi connectivity index (χ2v) is 8.09. The van der Waals surface area contributed by atoms with Gasteiger partial charge in [0.05, 0.1) is 4.90 Å². The van der Waals surface area contributed by atoms with E-state index in [1.54, 1.807) is 36.4 Å². The summed E-state index contributed by atoms with van der Waals surface area (Å²) in [7, 11) is -0.565. The Kier molecular flexibility index (Phi) is 5.89. The summed E-state index contributed by atoms with van der Waals surface area (Å²) in [6, 6.07) is 13.3. The molecule has 0 radical (unpaired) electrons. The summed E-state index contributed by atoms with van der Waals surface area (Å²) in [5.74, 6) is -0.0379. The first-order valence-corrected chi connectivity index (χ1v) is 9.26. The van der Waals surface area contributed by atoms with Crippen molar-refractivity contribution in [2.24, 2.45) is 0 Å². The first-order chi connectivity index (χ1) is 11.7. The minimum Gasteiger partial charge on any atom is -0.332 e. The molecule has 2 N–H and O–H groups in total. The number of benzene rings is 2. The van der Waals surface area contributed by atoms with Gasteiger partial charge in [-0.1, -0.05) is 18.2 Å². The van der Waals surface area contributed by atoms with E-state index in [1.807, 2.05) is 0 Å². The highest BCUT2D eigenvalue weighted by molar-refractivity contribution is 7.89. The topological polar surface area (TPSA) is 78.5 Å². The minimum atomic E-state index is -3.52. The first-order valence-electron chi connectivity index (χ1n) is 7.42. The van der Waals surface area contributed by atoms with Crippen LogP contribution in [0.1, 0.15) is 17.3 Å². The smallest absolute Gasteiger partial charge is 0.242 e. The summed E-state index contributed by atoms with van der Waals surface area (Å²) in [6.45, 7) is 1.49. The third-order valence-corrected chi connectivity index (χ3v) is 5.41. The molecule has 2 aromatic carbocycles. The first kappa shape index (κ1) is 19.0. The number of thiocarbonyl (C=S) groups is 1. The molecule has 0 amide bonds. The SMILES string of the molecule is CC(=O)c1cccc(NC(=S)Nc2cccc(S(=O)(=O)N(C)C)c2)c1. The molecule has 0 aliphatic carbocycles. The third-order valence-electron chi connectivity index (χ3n) is 3.40. The molecule has 0 unspecified atom stereocenters. The highest BCUT2D eigenvalue weighted by Gasteiger charge is 2.17. The number of carbonyl (C=O) groups is 1. The predicted octanol–water partition coefficient (Wildman–Crippen LogP) is 2.95. The van der Waals surface area contributed by atoms with E-state index < -0.39 is 10.0 Å². The zero-order chi connectivity index (χ0) is 18.6. The number of nitrogens with one attached hydrogen (secondary N) is 2. The standard InChI is InChI=1S/C17H19N3O3S2/c1-12(21)13-6-4-7-14(10-13)18-17(24)19-15-8-5-9-16(11-15)25(22,23)20(2)3/h4-11H,1-3H3,(H2,18,19,24). The van der Waals surface area contributed by atoms with Gasteiger partial charge >= 0.3 is 0 Å². The van der Waals surface area contributed by atoms with E-state index in [2.05, 4.69) is 10.6 Å². The van der Waals surface area contributed by atoms with E-state index in [1.165, 1.54) is 33.2 Å². The number of hydrogen-bond acceptors (Lipinski definition) is 4. The molecule has 0 bridgehead atoms. The van der Waals surface area contributed by atoms with Gasteiger partial charge < -0.3 is 10.6 Å². The van der Waals surface area contributed by atoms with Crippen molar-refractivity contribution in [3.8, 4) is 0 Å². The molecule has 0 saturated heterocycles. The van der Waals surface area contributed by atoms with Crippen LogP contribution in [-0.2, 0) is 10.0 Å². The number of anilines is 2. The molecule has 0 fully saturated rings. The molecule has 25 heavy (non-hydrogen) atoms. The lowest BCUT2D eigenvalue weighted by molar-refractivity contribution is 0.101. The average molecular weight is 377 g/mol. The monoisotopic (exact) mass is 377 g/mol. The summed E-state index contributed by atoms with van der Waals surface area (Å²) in [5.41, 5.74) is 1.79. The van der Waals surface area contributed by atoms with Gasteiger partial charge in [-0.05, 0) is 49.5 Å². The molecule has 132 valence electrons. The van der Waals surface area contributed by atoms with Crippen molar-refractivity contribution in [2.75, 3.05) is 24.7 Å². The van der Waals surface area contributed by atoms with Crippen LogP contribution in [0.15, 0.2) is 53.4 Å². The Morgan fingerprint density at radius 3 is 2.12 bits per heavy atom. The number of carbonyl (C=O) groups excluding carboxylic acids is 1. The highest BCUT2D eigenvalue weighted by Crippen LogP contribution is 2.18. The van der Waals surface area contributed by atoms with E-state index in [4.69, 9.17) is 12.2 Å². The van der Waals surface area contributed by atoms with Crippen LogP contribution in [-0.4, -0.2) is 37.7 Å². The van der Waals surface area contributed by atoms with Gasteiger partial charge in [0.2, 0.25) is 10.0 Å². The fraction of sp³-hybridized carbons (Fsp3) is 0.176. The maximum Gasteiger partial charge on any atom is 0.242 e. The van der Waals surface area contributed by atoms with Crippen LogP contribution < -0.4 is 10.6 Å². The fourth-order valence-electron chi connectivity index (χ4n) is 2.05. The summed E-state index contributed by atoms with van der Waals surface area (Å²) < 4.78 is 25.5. The van der Waals surface area contributed by atoms with Crippen LogP contribution in [0.4, 0.5) is 11.4 Å². The van der Waals surface area contributed by atoms with Gasteiger partial charge in [-0.3, -0.25) is 4.79 Å². The van der Waals surface area contributed by atoms with E-state index >= 15 is 0 Å². The molecule has 2 aromatic rings. The molecular weight excluding hydrogens is 358 g/mol. The lowest BCUT2D eigenvalue weighted by Crippen LogP contribution is -2.23. The van der Waals surface area contributed by atoms with Crippen molar-refractivity contribution >= 4 is 44.5 Å². The summed E-state index contributed by atoms with van der Waals surface area (Å²) in [6.07, 6.45) is 0. The number of ketones is 1. The molecule has 0 saturated carbocycles. The molecule has 0 spiro atoms. The van der Waals surface area contributed by atoms with Crippen molar-refractivity contribution in [3.05, 3.63) is 54.1 Å². The van der Waals surface area contributed by atoms with Gasteiger partial charge in [0.1, 0.15) is 0 Å². The highest BCUT2D eigenvalue weighted by atomic mass is 32.2. The van der Waals surface area contributed by atoms with Crippen LogP contribution >= 0.6 is 12.2 Å². The molecule has 0 aliphatic heterocycles. The Morgan fingerprint density at radius 2 is 1.56 bits per heavy atom. The summed E-state index contributed by atoms with van der Waals surface area (Å²) in [5, 5.41) is 6.21. The van der Waals surface area contributed by atoms with Gasteiger partial charge in [-0.25, -0.2) is 12.7 Å². The number of rotatable bonds is 5. The van der Waals surface area contributed by atoms with Crippen molar-refractivity contribution in [2.45, 2.75) is 11.8 Å². The Balaban J connectivity index is 2.14. The van der Waals surface area contributed by atoms with Crippen LogP contribution in [0.5, 0.6) is 0 Å². The molecule has 6 nitrogen and oxygen atoms in total. The van der Waals surface area contributed by atoms with Crippen molar-refractivity contribution in [1.82, 2.24) is 4.31 Å². The quantitative estimate of drug-likeness (QED) is 0.616. The third kappa shape index (κ3) is 4.85. The molecule has 0 heterocycles. The van der Waals surface area contributed by atoms with Crippen LogP contribution in [0.2, 0.25) is 0 Å². The Hall–Kier alpha value is -2.29. The minimum absolute atomic E-state index is 0.0379. The van der Waals surface area contributed by atoms with Crippen LogP contribution in [0, 0.1) is 0 Å². The van der Waals surface area contributed by atoms with Gasteiger partial charge in [0, 0.05) is 31.0 Å². The molecule has 0 aromatic heterocycles. The van der Waals surface area contributed by atoms with Crippen molar-refractivity contribution in [3.63, 3.8) is 0 Å². The Bertz CT molecular complexity index is 909. The van der Waals surface area contributed by atoms with Gasteiger partial charge in [-0.15, -0.1) is 0 Å². The van der Waals surface area contributed by atoms with E-state index in [0.717, 1.165) is 4.31 Å². The Morgan fingerprint density at radius 1 is 1.00 bits per heavy atom. The Labute approximate surface area is 152 Å². The van der Waals surface area contributed by atoms with Gasteiger partial charge in [0.15, 0.2) is 10.9 Å². The fourth-order valence-corrected chi connectivity index (χ4v) is 3.24. The number of Topliss-reactive ketones (excluding diaryl/α,β-unsaturated/α-hetero) is 1. The molecule has 0 atom stereocenters. The van der Waals surface area contributed by atoms with Crippen LogP contribution in [0.25, 0.3) is 0 Å². The van der Waals surface area contributed by atoms with Gasteiger partial charge in [-0.2, -0.15) is 0 Å². The largest absolute Gasteiger partial charge is 0.332 e. The van der Waals surface area contributed by atoms with E-state index in [0.29, 0.717) is 22.1 Å². The van der Waals surface area contributed by atoms with Crippen LogP contribution in [0.3, 0.4) is 0 Å². The molecule has 0 aliphatic rings. The number of hydrogen-bond donors (Lipinski definition) is 2. The molecule has 8 heteroatoms. The molecular formula is C17H19N3O3S2. The lowest BCUT2D eigenvalue weighted by atomic mass is 10.1. The summed E-state index contributed by atoms with van der Waals surface area (Å²) in [4.78, 5) is 11.6. The van der Waals surface area contributed by atoms with E-state index in [-0.39, 0.29) is 10.7 Å². The number of sulfonamides is 1. The van der Waals surface area contributed by atoms with Crippen molar-refractivity contribution in [1.29, 1.82) is 0 Å². The lowest BCUT2D eigenvalue weighted by Gasteiger charge is -2.14. The summed E-state index contributed by atoms with van der Waals surface area (Å²) >= 11 is 5.25. The maximum absolute atomic E-state index is 12.2. The second-order valence-electron chi connectivity index (χ2n) is 5.53. The average Bonchev–Trinajstić information content (AvgIpc) is 2.55. The zero-order valence-electron chi connectivity index (χ0n) is 14.1. The second kappa shape index (κ2) is 7.73. The molecule has 2 rings (SSSR count). The normalized spacial score (nSPS) is 11.2. The predicted molar refractivity (Wildman–Crippen MR) is 104 cm³/mol. The number of nitrogens with zero attached hydrogens (tertiary/aromatic N) is 1. The van der Waals surface area contributed by atoms with Gasteiger partial charge in [0.25, 0.3) is 0 Å². The van der Waals surface area contributed by atoms with Crippen molar-refractivity contribution < 1.29 is 13.2 Å². The maximum atomic E-state index is 12.2. The zero-order valence-corrected chi connectivity index (χ0v) is 15.7.